The molecule has 0 radical (unpaired) electrons. The zero-order chi connectivity index (χ0) is 13.6. The molecule has 0 aliphatic heterocycles. The summed E-state index contributed by atoms with van der Waals surface area (Å²) in [5.41, 5.74) is -0.174. The molecular formula is C11H18ClF2NO2. The first-order chi connectivity index (χ1) is 7.65. The molecule has 1 amide bonds. The number of halogens is 3. The number of ketones is 1. The van der Waals surface area contributed by atoms with Crippen LogP contribution in [0.5, 0.6) is 0 Å². The van der Waals surface area contributed by atoms with Gasteiger partial charge in [-0.25, -0.2) is 0 Å². The van der Waals surface area contributed by atoms with Crippen LogP contribution in [0.1, 0.15) is 33.6 Å². The second-order valence-corrected chi connectivity index (χ2v) is 5.41. The van der Waals surface area contributed by atoms with Crippen LogP contribution in [0.4, 0.5) is 8.78 Å². The monoisotopic (exact) mass is 269 g/mol. The number of carbonyl (C=O) groups is 2. The Bertz CT molecular complexity index is 277. The van der Waals surface area contributed by atoms with E-state index in [1.54, 1.807) is 0 Å². The molecule has 0 aromatic rings. The van der Waals surface area contributed by atoms with Crippen LogP contribution in [0.3, 0.4) is 0 Å². The van der Waals surface area contributed by atoms with E-state index < -0.39 is 18.4 Å². The lowest BCUT2D eigenvalue weighted by atomic mass is 9.86. The molecule has 0 spiro atoms. The van der Waals surface area contributed by atoms with Gasteiger partial charge in [0.15, 0.2) is 0 Å². The molecule has 0 aromatic carbocycles. The first kappa shape index (κ1) is 16.3. The molecule has 0 heterocycles. The molecule has 3 nitrogen and oxygen atoms in total. The normalized spacial score (nSPS) is 13.6. The molecule has 0 saturated heterocycles. The Morgan fingerprint density at radius 3 is 2.18 bits per heavy atom. The highest BCUT2D eigenvalue weighted by Gasteiger charge is 2.25. The average Bonchev–Trinajstić information content (AvgIpc) is 2.14. The largest absolute Gasteiger partial charge is 0.348 e. The number of rotatable bonds is 6. The highest BCUT2D eigenvalue weighted by atomic mass is 35.5. The van der Waals surface area contributed by atoms with Gasteiger partial charge in [0.1, 0.15) is 5.78 Å². The van der Waals surface area contributed by atoms with Gasteiger partial charge in [0.2, 0.25) is 0 Å². The molecule has 0 saturated carbocycles. The number of hydrogen-bond donors (Lipinski definition) is 1. The van der Waals surface area contributed by atoms with Gasteiger partial charge in [-0.3, -0.25) is 9.59 Å². The fraction of sp³-hybridized carbons (Fsp3) is 0.818. The van der Waals surface area contributed by atoms with Crippen molar-refractivity contribution in [2.45, 2.75) is 46.1 Å². The molecule has 0 rings (SSSR count). The Morgan fingerprint density at radius 1 is 1.29 bits per heavy atom. The number of carbonyl (C=O) groups excluding carboxylic acids is 2. The molecule has 0 bridgehead atoms. The maximum atomic E-state index is 12.1. The number of hydrogen-bond acceptors (Lipinski definition) is 2. The van der Waals surface area contributed by atoms with Crippen LogP contribution in [0.15, 0.2) is 0 Å². The molecule has 0 aliphatic rings. The maximum Gasteiger partial charge on any atom is 0.315 e. The van der Waals surface area contributed by atoms with Gasteiger partial charge in [0.05, 0.1) is 5.88 Å². The summed E-state index contributed by atoms with van der Waals surface area (Å²) in [5.74, 6) is -1.79. The third kappa shape index (κ3) is 8.07. The zero-order valence-electron chi connectivity index (χ0n) is 10.2. The van der Waals surface area contributed by atoms with Crippen molar-refractivity contribution >= 4 is 23.3 Å². The average molecular weight is 270 g/mol. The van der Waals surface area contributed by atoms with E-state index in [0.29, 0.717) is 6.42 Å². The minimum atomic E-state index is -3.07. The van der Waals surface area contributed by atoms with Crippen LogP contribution in [0.2, 0.25) is 0 Å². The van der Waals surface area contributed by atoms with Crippen LogP contribution < -0.4 is 5.32 Å². The van der Waals surface area contributed by atoms with E-state index >= 15 is 0 Å². The lowest BCUT2D eigenvalue weighted by Crippen LogP contribution is -2.42. The third-order valence-corrected chi connectivity index (χ3v) is 2.32. The van der Waals surface area contributed by atoms with Gasteiger partial charge in [-0.1, -0.05) is 20.8 Å². The van der Waals surface area contributed by atoms with Crippen molar-refractivity contribution in [3.8, 4) is 0 Å². The van der Waals surface area contributed by atoms with E-state index in [1.165, 1.54) is 0 Å². The zero-order valence-corrected chi connectivity index (χ0v) is 11.0. The van der Waals surface area contributed by atoms with Crippen molar-refractivity contribution in [3.05, 3.63) is 0 Å². The molecule has 100 valence electrons. The van der Waals surface area contributed by atoms with E-state index in [4.69, 9.17) is 11.6 Å². The third-order valence-electron chi connectivity index (χ3n) is 2.03. The van der Waals surface area contributed by atoms with Crippen LogP contribution in [0, 0.1) is 5.41 Å². The highest BCUT2D eigenvalue weighted by Crippen LogP contribution is 2.22. The van der Waals surface area contributed by atoms with Crippen LogP contribution in [0.25, 0.3) is 0 Å². The van der Waals surface area contributed by atoms with Crippen molar-refractivity contribution in [3.63, 3.8) is 0 Å². The van der Waals surface area contributed by atoms with Gasteiger partial charge in [-0.05, 0) is 11.8 Å². The lowest BCUT2D eigenvalue weighted by Gasteiger charge is -2.26. The molecular weight excluding hydrogens is 252 g/mol. The number of Topliss-reactive ketones (excluding diaryl/α,β-unsaturated/α-hetero) is 1. The predicted molar refractivity (Wildman–Crippen MR) is 62.4 cm³/mol. The SMILES string of the molecule is CC(C)(C)CC(CC(=O)CCl)NC(=O)C(F)F. The van der Waals surface area contributed by atoms with Crippen molar-refractivity contribution in [2.24, 2.45) is 5.41 Å². The number of amides is 1. The molecule has 0 aromatic heterocycles. The summed E-state index contributed by atoms with van der Waals surface area (Å²) in [4.78, 5) is 22.1. The molecule has 1 unspecified atom stereocenters. The van der Waals surface area contributed by atoms with Crippen molar-refractivity contribution < 1.29 is 18.4 Å². The minimum absolute atomic E-state index is 0.0147. The van der Waals surface area contributed by atoms with Crippen LogP contribution >= 0.6 is 11.6 Å². The fourth-order valence-corrected chi connectivity index (χ4v) is 1.62. The minimum Gasteiger partial charge on any atom is -0.348 e. The molecule has 0 aliphatic carbocycles. The van der Waals surface area contributed by atoms with Crippen LogP contribution in [-0.2, 0) is 9.59 Å². The van der Waals surface area contributed by atoms with E-state index in [9.17, 15) is 18.4 Å². The van der Waals surface area contributed by atoms with Gasteiger partial charge >= 0.3 is 6.43 Å². The molecule has 1 atom stereocenters. The fourth-order valence-electron chi connectivity index (χ4n) is 1.51. The Hall–Kier alpha value is -0.710. The van der Waals surface area contributed by atoms with E-state index in [-0.39, 0.29) is 23.5 Å². The second-order valence-electron chi connectivity index (χ2n) is 5.15. The van der Waals surface area contributed by atoms with Crippen molar-refractivity contribution in [2.75, 3.05) is 5.88 Å². The maximum absolute atomic E-state index is 12.1. The second kappa shape index (κ2) is 6.89. The molecule has 17 heavy (non-hydrogen) atoms. The van der Waals surface area contributed by atoms with Gasteiger partial charge in [-0.2, -0.15) is 8.78 Å². The first-order valence-corrected chi connectivity index (χ1v) is 5.85. The predicted octanol–water partition coefficient (Wildman–Crippen LogP) is 2.37. The number of nitrogens with one attached hydrogen (secondary N) is 1. The Morgan fingerprint density at radius 2 is 1.82 bits per heavy atom. The van der Waals surface area contributed by atoms with Gasteiger partial charge < -0.3 is 5.32 Å². The summed E-state index contributed by atoms with van der Waals surface area (Å²) < 4.78 is 24.2. The molecule has 6 heteroatoms. The summed E-state index contributed by atoms with van der Waals surface area (Å²) in [5, 5.41) is 2.17. The van der Waals surface area contributed by atoms with Crippen molar-refractivity contribution in [1.82, 2.24) is 5.32 Å². The van der Waals surface area contributed by atoms with Gasteiger partial charge in [0, 0.05) is 12.5 Å². The summed E-state index contributed by atoms with van der Waals surface area (Å²) in [6, 6.07) is -0.595. The molecule has 0 fully saturated rings. The van der Waals surface area contributed by atoms with Gasteiger partial charge in [-0.15, -0.1) is 11.6 Å². The Balaban J connectivity index is 4.51. The number of alkyl halides is 3. The van der Waals surface area contributed by atoms with E-state index in [2.05, 4.69) is 5.32 Å². The lowest BCUT2D eigenvalue weighted by molar-refractivity contribution is -0.132. The topological polar surface area (TPSA) is 46.2 Å². The van der Waals surface area contributed by atoms with E-state index in [1.807, 2.05) is 20.8 Å². The summed E-state index contributed by atoms with van der Waals surface area (Å²) in [7, 11) is 0. The first-order valence-electron chi connectivity index (χ1n) is 5.32. The smallest absolute Gasteiger partial charge is 0.315 e. The molecule has 1 N–H and O–H groups in total. The summed E-state index contributed by atoms with van der Waals surface area (Å²) in [6.07, 6.45) is -2.64. The van der Waals surface area contributed by atoms with Crippen molar-refractivity contribution in [1.29, 1.82) is 0 Å². The standard InChI is InChI=1S/C11H18ClF2NO2/c1-11(2,3)5-7(4-8(16)6-12)15-10(17)9(13)14/h7,9H,4-6H2,1-3H3,(H,15,17). The van der Waals surface area contributed by atoms with Crippen LogP contribution in [-0.4, -0.2) is 30.0 Å². The Labute approximate surface area is 105 Å². The highest BCUT2D eigenvalue weighted by molar-refractivity contribution is 6.27. The Kier molecular flexibility index (Phi) is 6.60. The van der Waals surface area contributed by atoms with Gasteiger partial charge in [0.25, 0.3) is 5.91 Å². The summed E-state index contributed by atoms with van der Waals surface area (Å²) >= 11 is 5.36. The summed E-state index contributed by atoms with van der Waals surface area (Å²) in [6.45, 7) is 5.71. The van der Waals surface area contributed by atoms with E-state index in [0.717, 1.165) is 0 Å². The quantitative estimate of drug-likeness (QED) is 0.753.